The van der Waals surface area contributed by atoms with Gasteiger partial charge in [-0.15, -0.1) is 0 Å². The van der Waals surface area contributed by atoms with Crippen LogP contribution in [0.3, 0.4) is 0 Å². The van der Waals surface area contributed by atoms with Crippen LogP contribution in [0.25, 0.3) is 5.57 Å². The number of nitrogens with zero attached hydrogens (tertiary/aromatic N) is 1. The molecule has 2 nitrogen and oxygen atoms in total. The minimum Gasteiger partial charge on any atom is -0.305 e. The Hall–Kier alpha value is -1.64. The molecule has 78 valence electrons. The average molecular weight is 205 g/mol. The summed E-state index contributed by atoms with van der Waals surface area (Å²) in [5.74, 6) is -0.473. The van der Waals surface area contributed by atoms with E-state index in [0.717, 1.165) is 5.69 Å². The summed E-state index contributed by atoms with van der Waals surface area (Å²) in [6, 6.07) is 4.40. The van der Waals surface area contributed by atoms with Crippen LogP contribution in [0.2, 0.25) is 0 Å². The fourth-order valence-electron chi connectivity index (χ4n) is 1.84. The Morgan fingerprint density at radius 1 is 1.40 bits per heavy atom. The molecule has 1 amide bonds. The number of rotatable bonds is 1. The van der Waals surface area contributed by atoms with E-state index in [2.05, 4.69) is 6.58 Å². The van der Waals surface area contributed by atoms with Crippen molar-refractivity contribution in [1.29, 1.82) is 0 Å². The topological polar surface area (TPSA) is 20.3 Å². The molecule has 1 heterocycles. The van der Waals surface area contributed by atoms with Crippen molar-refractivity contribution >= 4 is 17.2 Å². The molecule has 0 saturated carbocycles. The maximum atomic E-state index is 13.0. The summed E-state index contributed by atoms with van der Waals surface area (Å²) in [5, 5.41) is 0. The zero-order valence-corrected chi connectivity index (χ0v) is 8.75. The number of amides is 1. The lowest BCUT2D eigenvalue weighted by Crippen LogP contribution is -2.33. The van der Waals surface area contributed by atoms with Crippen molar-refractivity contribution < 1.29 is 9.18 Å². The lowest BCUT2D eigenvalue weighted by molar-refractivity contribution is -0.113. The largest absolute Gasteiger partial charge is 0.305 e. The third kappa shape index (κ3) is 1.35. The molecule has 0 radical (unpaired) electrons. The van der Waals surface area contributed by atoms with Gasteiger partial charge >= 0.3 is 0 Å². The fraction of sp³-hybridized carbons (Fsp3) is 0.250. The van der Waals surface area contributed by atoms with Gasteiger partial charge in [-0.05, 0) is 32.0 Å². The molecular formula is C12H12FNO. The molecule has 1 aliphatic heterocycles. The Balaban J connectivity index is 2.60. The van der Waals surface area contributed by atoms with Crippen LogP contribution in [0, 0.1) is 5.82 Å². The summed E-state index contributed by atoms with van der Waals surface area (Å²) in [6.07, 6.45) is 0. The van der Waals surface area contributed by atoms with Crippen LogP contribution in [-0.2, 0) is 4.79 Å². The first-order chi connectivity index (χ1) is 7.02. The highest BCUT2D eigenvalue weighted by Crippen LogP contribution is 2.37. The van der Waals surface area contributed by atoms with Crippen LogP contribution < -0.4 is 4.90 Å². The van der Waals surface area contributed by atoms with Gasteiger partial charge in [-0.1, -0.05) is 6.58 Å². The molecule has 3 heteroatoms. The van der Waals surface area contributed by atoms with Gasteiger partial charge in [0.05, 0.1) is 5.69 Å². The predicted octanol–water partition coefficient (Wildman–Crippen LogP) is 2.59. The van der Waals surface area contributed by atoms with Gasteiger partial charge in [-0.2, -0.15) is 0 Å². The van der Waals surface area contributed by atoms with E-state index < -0.39 is 0 Å². The van der Waals surface area contributed by atoms with Gasteiger partial charge in [0.1, 0.15) is 5.82 Å². The highest BCUT2D eigenvalue weighted by atomic mass is 19.1. The van der Waals surface area contributed by atoms with E-state index in [-0.39, 0.29) is 17.8 Å². The van der Waals surface area contributed by atoms with Crippen molar-refractivity contribution in [1.82, 2.24) is 0 Å². The lowest BCUT2D eigenvalue weighted by atomic mass is 10.1. The van der Waals surface area contributed by atoms with E-state index in [9.17, 15) is 9.18 Å². The molecule has 1 aliphatic rings. The van der Waals surface area contributed by atoms with Gasteiger partial charge in [0, 0.05) is 17.2 Å². The van der Waals surface area contributed by atoms with Gasteiger partial charge < -0.3 is 4.90 Å². The van der Waals surface area contributed by atoms with E-state index in [1.807, 2.05) is 13.8 Å². The smallest absolute Gasteiger partial charge is 0.258 e. The second-order valence-electron chi connectivity index (χ2n) is 3.91. The Bertz CT molecular complexity index is 451. The monoisotopic (exact) mass is 205 g/mol. The molecule has 0 fully saturated rings. The second kappa shape index (κ2) is 3.19. The summed E-state index contributed by atoms with van der Waals surface area (Å²) in [7, 11) is 0. The molecule has 0 unspecified atom stereocenters. The van der Waals surface area contributed by atoms with Crippen molar-refractivity contribution in [3.63, 3.8) is 0 Å². The number of carbonyl (C=O) groups excluding carboxylic acids is 1. The summed E-state index contributed by atoms with van der Waals surface area (Å²) < 4.78 is 13.0. The first-order valence-electron chi connectivity index (χ1n) is 4.84. The van der Waals surface area contributed by atoms with E-state index in [1.165, 1.54) is 12.1 Å². The number of halogens is 1. The SMILES string of the molecule is C=C1C(=O)N(C(C)C)c2ccc(F)cc21. The van der Waals surface area contributed by atoms with Crippen LogP contribution >= 0.6 is 0 Å². The van der Waals surface area contributed by atoms with Crippen LogP contribution in [0.4, 0.5) is 10.1 Å². The van der Waals surface area contributed by atoms with Crippen molar-refractivity contribution in [3.05, 3.63) is 36.2 Å². The average Bonchev–Trinajstić information content (AvgIpc) is 2.41. The standard InChI is InChI=1S/C12H12FNO/c1-7(2)14-11-5-4-9(13)6-10(11)8(3)12(14)15/h4-7H,3H2,1-2H3. The van der Waals surface area contributed by atoms with Crippen LogP contribution in [0.1, 0.15) is 19.4 Å². The lowest BCUT2D eigenvalue weighted by Gasteiger charge is -2.21. The van der Waals surface area contributed by atoms with Gasteiger partial charge in [-0.3, -0.25) is 4.79 Å². The number of hydrogen-bond acceptors (Lipinski definition) is 1. The second-order valence-corrected chi connectivity index (χ2v) is 3.91. The molecule has 0 aromatic heterocycles. The van der Waals surface area contributed by atoms with Crippen LogP contribution in [0.15, 0.2) is 24.8 Å². The Kier molecular flexibility index (Phi) is 2.11. The molecule has 1 aromatic carbocycles. The molecule has 0 N–H and O–H groups in total. The number of anilines is 1. The maximum Gasteiger partial charge on any atom is 0.258 e. The number of carbonyl (C=O) groups is 1. The number of fused-ring (bicyclic) bond motifs is 1. The van der Waals surface area contributed by atoms with Crippen molar-refractivity contribution in [2.45, 2.75) is 19.9 Å². The predicted molar refractivity (Wildman–Crippen MR) is 58.1 cm³/mol. The first-order valence-corrected chi connectivity index (χ1v) is 4.84. The maximum absolute atomic E-state index is 13.0. The van der Waals surface area contributed by atoms with Gasteiger partial charge in [-0.25, -0.2) is 4.39 Å². The van der Waals surface area contributed by atoms with Crippen molar-refractivity contribution in [2.75, 3.05) is 4.90 Å². The summed E-state index contributed by atoms with van der Waals surface area (Å²) >= 11 is 0. The van der Waals surface area contributed by atoms with E-state index in [1.54, 1.807) is 11.0 Å². The zero-order chi connectivity index (χ0) is 11.2. The van der Waals surface area contributed by atoms with Crippen LogP contribution in [-0.4, -0.2) is 11.9 Å². The minimum atomic E-state index is -0.340. The van der Waals surface area contributed by atoms with Gasteiger partial charge in [0.2, 0.25) is 0 Å². The third-order valence-electron chi connectivity index (χ3n) is 2.54. The molecule has 15 heavy (non-hydrogen) atoms. The minimum absolute atomic E-state index is 0.0564. The molecule has 0 atom stereocenters. The van der Waals surface area contributed by atoms with Gasteiger partial charge in [0.15, 0.2) is 0 Å². The molecule has 0 aliphatic carbocycles. The quantitative estimate of drug-likeness (QED) is 0.645. The van der Waals surface area contributed by atoms with E-state index in [0.29, 0.717) is 11.1 Å². The van der Waals surface area contributed by atoms with Gasteiger partial charge in [0.25, 0.3) is 5.91 Å². The highest BCUT2D eigenvalue weighted by Gasteiger charge is 2.32. The molecule has 0 bridgehead atoms. The van der Waals surface area contributed by atoms with Crippen molar-refractivity contribution in [3.8, 4) is 0 Å². The summed E-state index contributed by atoms with van der Waals surface area (Å²) in [6.45, 7) is 7.53. The number of hydrogen-bond donors (Lipinski definition) is 0. The van der Waals surface area contributed by atoms with Crippen molar-refractivity contribution in [2.24, 2.45) is 0 Å². The molecule has 0 spiro atoms. The molecule has 2 rings (SSSR count). The summed E-state index contributed by atoms with van der Waals surface area (Å²) in [4.78, 5) is 13.5. The normalized spacial score (nSPS) is 15.1. The van der Waals surface area contributed by atoms with E-state index >= 15 is 0 Å². The first kappa shape index (κ1) is 9.90. The molecular weight excluding hydrogens is 193 g/mol. The third-order valence-corrected chi connectivity index (χ3v) is 2.54. The summed E-state index contributed by atoms with van der Waals surface area (Å²) in [5.41, 5.74) is 1.73. The Morgan fingerprint density at radius 2 is 2.07 bits per heavy atom. The molecule has 1 aromatic rings. The van der Waals surface area contributed by atoms with Crippen LogP contribution in [0.5, 0.6) is 0 Å². The Morgan fingerprint density at radius 3 is 2.67 bits per heavy atom. The Labute approximate surface area is 88.0 Å². The molecule has 0 saturated heterocycles. The zero-order valence-electron chi connectivity index (χ0n) is 8.75. The van der Waals surface area contributed by atoms with E-state index in [4.69, 9.17) is 0 Å². The highest BCUT2D eigenvalue weighted by molar-refractivity contribution is 6.32. The number of benzene rings is 1. The fourth-order valence-corrected chi connectivity index (χ4v) is 1.84.